The molecular weight excluding hydrogens is 250 g/mol. The van der Waals surface area contributed by atoms with Gasteiger partial charge in [0.05, 0.1) is 0 Å². The Labute approximate surface area is 123 Å². The fourth-order valence-corrected chi connectivity index (χ4v) is 2.07. The molecule has 1 rings (SSSR count). The van der Waals surface area contributed by atoms with Gasteiger partial charge >= 0.3 is 0 Å². The number of aryl methyl sites for hydroxylation is 1. The van der Waals surface area contributed by atoms with Crippen molar-refractivity contribution in [1.29, 1.82) is 0 Å². The van der Waals surface area contributed by atoms with E-state index in [0.717, 1.165) is 32.4 Å². The zero-order valence-electron chi connectivity index (χ0n) is 13.3. The lowest BCUT2D eigenvalue weighted by Gasteiger charge is -2.27. The molecule has 114 valence electrons. The summed E-state index contributed by atoms with van der Waals surface area (Å²) in [5, 5.41) is 12.9. The van der Waals surface area contributed by atoms with Crippen LogP contribution in [0.3, 0.4) is 0 Å². The lowest BCUT2D eigenvalue weighted by molar-refractivity contribution is 0.149. The second kappa shape index (κ2) is 8.28. The summed E-state index contributed by atoms with van der Waals surface area (Å²) in [6.07, 6.45) is 3.21. The molecule has 0 amide bonds. The highest BCUT2D eigenvalue weighted by Crippen LogP contribution is 2.19. The van der Waals surface area contributed by atoms with Gasteiger partial charge in [0.15, 0.2) is 0 Å². The number of phenolic OH excluding ortho intramolecular Hbond substituents is 1. The molecule has 0 heterocycles. The van der Waals surface area contributed by atoms with Gasteiger partial charge in [-0.1, -0.05) is 26.0 Å². The van der Waals surface area contributed by atoms with Crippen molar-refractivity contribution in [2.75, 3.05) is 20.3 Å². The maximum atomic E-state index is 9.26. The van der Waals surface area contributed by atoms with Crippen molar-refractivity contribution in [3.63, 3.8) is 0 Å². The van der Waals surface area contributed by atoms with Crippen LogP contribution in [0.2, 0.25) is 0 Å². The van der Waals surface area contributed by atoms with Crippen LogP contribution in [0.4, 0.5) is 0 Å². The zero-order chi connectivity index (χ0) is 15.0. The van der Waals surface area contributed by atoms with E-state index >= 15 is 0 Å². The van der Waals surface area contributed by atoms with Gasteiger partial charge in [-0.15, -0.1) is 0 Å². The number of ether oxygens (including phenoxy) is 1. The number of phenols is 1. The summed E-state index contributed by atoms with van der Waals surface area (Å²) in [5.74, 6) is 0.333. The van der Waals surface area contributed by atoms with Crippen molar-refractivity contribution in [3.8, 4) is 5.75 Å². The van der Waals surface area contributed by atoms with Gasteiger partial charge in [-0.2, -0.15) is 0 Å². The van der Waals surface area contributed by atoms with E-state index in [-0.39, 0.29) is 5.41 Å². The number of methoxy groups -OCH3 is 1. The predicted molar refractivity (Wildman–Crippen MR) is 84.2 cm³/mol. The summed E-state index contributed by atoms with van der Waals surface area (Å²) in [6, 6.07) is 7.98. The Morgan fingerprint density at radius 3 is 2.50 bits per heavy atom. The zero-order valence-corrected chi connectivity index (χ0v) is 13.3. The first kappa shape index (κ1) is 17.0. The Morgan fingerprint density at radius 2 is 1.90 bits per heavy atom. The Balaban J connectivity index is 2.26. The topological polar surface area (TPSA) is 41.5 Å². The number of aromatic hydroxyl groups is 1. The fourth-order valence-electron chi connectivity index (χ4n) is 2.07. The summed E-state index contributed by atoms with van der Waals surface area (Å²) < 4.78 is 5.15. The molecule has 20 heavy (non-hydrogen) atoms. The van der Waals surface area contributed by atoms with Gasteiger partial charge in [0.2, 0.25) is 0 Å². The molecule has 2 N–H and O–H groups in total. The van der Waals surface area contributed by atoms with Crippen LogP contribution in [-0.2, 0) is 11.2 Å². The smallest absolute Gasteiger partial charge is 0.115 e. The molecule has 0 saturated carbocycles. The summed E-state index contributed by atoms with van der Waals surface area (Å²) >= 11 is 0. The van der Waals surface area contributed by atoms with Gasteiger partial charge in [0.1, 0.15) is 5.75 Å². The minimum atomic E-state index is 0.267. The van der Waals surface area contributed by atoms with E-state index in [0.29, 0.717) is 11.8 Å². The standard InChI is InChI=1S/C17H29NO2/c1-14(18-13-17(2,3)11-12-20-4)5-6-15-7-9-16(19)10-8-15/h7-10,14,18-19H,5-6,11-13H2,1-4H3. The van der Waals surface area contributed by atoms with Gasteiger partial charge in [0, 0.05) is 26.3 Å². The Kier molecular flexibility index (Phi) is 7.03. The van der Waals surface area contributed by atoms with Gasteiger partial charge < -0.3 is 15.2 Å². The Morgan fingerprint density at radius 1 is 1.25 bits per heavy atom. The van der Waals surface area contributed by atoms with Crippen LogP contribution in [-0.4, -0.2) is 31.4 Å². The third-order valence-corrected chi connectivity index (χ3v) is 3.71. The summed E-state index contributed by atoms with van der Waals surface area (Å²) in [7, 11) is 1.75. The molecule has 1 unspecified atom stereocenters. The summed E-state index contributed by atoms with van der Waals surface area (Å²) in [4.78, 5) is 0. The van der Waals surface area contributed by atoms with Crippen molar-refractivity contribution in [1.82, 2.24) is 5.32 Å². The highest BCUT2D eigenvalue weighted by atomic mass is 16.5. The van der Waals surface area contributed by atoms with Crippen molar-refractivity contribution >= 4 is 0 Å². The van der Waals surface area contributed by atoms with E-state index < -0.39 is 0 Å². The second-order valence-electron chi connectivity index (χ2n) is 6.39. The van der Waals surface area contributed by atoms with E-state index in [4.69, 9.17) is 4.74 Å². The molecule has 1 aromatic rings. The Bertz CT molecular complexity index is 373. The molecule has 3 heteroatoms. The normalized spacial score (nSPS) is 13.4. The lowest BCUT2D eigenvalue weighted by atomic mass is 9.89. The maximum absolute atomic E-state index is 9.26. The molecule has 0 radical (unpaired) electrons. The van der Waals surface area contributed by atoms with Gasteiger partial charge in [-0.3, -0.25) is 0 Å². The van der Waals surface area contributed by atoms with Crippen LogP contribution < -0.4 is 5.32 Å². The van der Waals surface area contributed by atoms with Crippen LogP contribution in [0.5, 0.6) is 5.75 Å². The van der Waals surface area contributed by atoms with E-state index in [9.17, 15) is 5.11 Å². The monoisotopic (exact) mass is 279 g/mol. The molecule has 1 atom stereocenters. The second-order valence-corrected chi connectivity index (χ2v) is 6.39. The van der Waals surface area contributed by atoms with Crippen LogP contribution >= 0.6 is 0 Å². The minimum absolute atomic E-state index is 0.267. The molecule has 0 aliphatic carbocycles. The van der Waals surface area contributed by atoms with Gasteiger partial charge in [-0.05, 0) is 49.3 Å². The molecule has 0 bridgehead atoms. The quantitative estimate of drug-likeness (QED) is 0.728. The number of hydrogen-bond acceptors (Lipinski definition) is 3. The number of nitrogens with one attached hydrogen (secondary N) is 1. The van der Waals surface area contributed by atoms with E-state index in [1.807, 2.05) is 12.1 Å². The summed E-state index contributed by atoms with van der Waals surface area (Å²) in [5.41, 5.74) is 1.54. The molecule has 0 saturated heterocycles. The van der Waals surface area contributed by atoms with Crippen molar-refractivity contribution in [3.05, 3.63) is 29.8 Å². The molecule has 0 aliphatic rings. The SMILES string of the molecule is COCCC(C)(C)CNC(C)CCc1ccc(O)cc1. The van der Waals surface area contributed by atoms with Gasteiger partial charge in [0.25, 0.3) is 0 Å². The molecule has 0 aromatic heterocycles. The Hall–Kier alpha value is -1.06. The van der Waals surface area contributed by atoms with E-state index in [1.54, 1.807) is 19.2 Å². The third-order valence-electron chi connectivity index (χ3n) is 3.71. The van der Waals surface area contributed by atoms with Crippen LogP contribution in [0, 0.1) is 5.41 Å². The van der Waals surface area contributed by atoms with Crippen LogP contribution in [0.1, 0.15) is 39.2 Å². The van der Waals surface area contributed by atoms with Crippen molar-refractivity contribution < 1.29 is 9.84 Å². The number of rotatable bonds is 9. The van der Waals surface area contributed by atoms with Gasteiger partial charge in [-0.25, -0.2) is 0 Å². The minimum Gasteiger partial charge on any atom is -0.508 e. The first-order valence-corrected chi connectivity index (χ1v) is 7.43. The average molecular weight is 279 g/mol. The maximum Gasteiger partial charge on any atom is 0.115 e. The van der Waals surface area contributed by atoms with Crippen molar-refractivity contribution in [2.45, 2.75) is 46.1 Å². The van der Waals surface area contributed by atoms with Crippen LogP contribution in [0.25, 0.3) is 0 Å². The lowest BCUT2D eigenvalue weighted by Crippen LogP contribution is -2.36. The predicted octanol–water partition coefficient (Wildman–Crippen LogP) is 3.37. The molecule has 3 nitrogen and oxygen atoms in total. The first-order valence-electron chi connectivity index (χ1n) is 7.43. The highest BCUT2D eigenvalue weighted by Gasteiger charge is 2.18. The van der Waals surface area contributed by atoms with Crippen LogP contribution in [0.15, 0.2) is 24.3 Å². The summed E-state index contributed by atoms with van der Waals surface area (Å²) in [6.45, 7) is 8.59. The molecule has 0 fully saturated rings. The highest BCUT2D eigenvalue weighted by molar-refractivity contribution is 5.25. The largest absolute Gasteiger partial charge is 0.508 e. The van der Waals surface area contributed by atoms with Crippen molar-refractivity contribution in [2.24, 2.45) is 5.41 Å². The average Bonchev–Trinajstić information content (AvgIpc) is 2.42. The van der Waals surface area contributed by atoms with E-state index in [1.165, 1.54) is 5.56 Å². The molecule has 0 aliphatic heterocycles. The van der Waals surface area contributed by atoms with E-state index in [2.05, 4.69) is 26.1 Å². The molecule has 1 aromatic carbocycles. The third kappa shape index (κ3) is 6.92. The number of benzene rings is 1. The number of hydrogen-bond donors (Lipinski definition) is 2. The fraction of sp³-hybridized carbons (Fsp3) is 0.647. The molecule has 0 spiro atoms. The molecular formula is C17H29NO2. The first-order chi connectivity index (χ1) is 9.43.